The fourth-order valence-corrected chi connectivity index (χ4v) is 3.24. The van der Waals surface area contributed by atoms with Crippen LogP contribution < -0.4 is 0 Å². The zero-order chi connectivity index (χ0) is 14.5. The van der Waals surface area contributed by atoms with Gasteiger partial charge in [0.1, 0.15) is 0 Å². The molecule has 2 aliphatic heterocycles. The molecule has 0 atom stereocenters. The average Bonchev–Trinajstić information content (AvgIpc) is 2.48. The van der Waals surface area contributed by atoms with Gasteiger partial charge in [0, 0.05) is 51.4 Å². The van der Waals surface area contributed by atoms with Crippen LogP contribution in [-0.4, -0.2) is 73.0 Å². The van der Waals surface area contributed by atoms with Gasteiger partial charge in [-0.25, -0.2) is 0 Å². The van der Waals surface area contributed by atoms with Gasteiger partial charge in [0.05, 0.1) is 0 Å². The number of hydrogen-bond donors (Lipinski definition) is 0. The second kappa shape index (κ2) is 7.23. The number of likely N-dealkylation sites (N-methyl/N-ethyl adjacent to an activating group) is 1. The van der Waals surface area contributed by atoms with Gasteiger partial charge in [-0.3, -0.25) is 4.79 Å². The van der Waals surface area contributed by atoms with E-state index in [0.29, 0.717) is 5.57 Å². The van der Waals surface area contributed by atoms with Crippen molar-refractivity contribution in [1.29, 1.82) is 0 Å². The van der Waals surface area contributed by atoms with E-state index in [4.69, 9.17) is 0 Å². The number of rotatable bonds is 4. The molecule has 4 heteroatoms. The van der Waals surface area contributed by atoms with Gasteiger partial charge in [0.2, 0.25) is 5.91 Å². The monoisotopic (exact) mass is 279 g/mol. The lowest BCUT2D eigenvalue weighted by Gasteiger charge is -2.38. The van der Waals surface area contributed by atoms with Gasteiger partial charge in [-0.05, 0) is 32.2 Å². The van der Waals surface area contributed by atoms with E-state index in [-0.39, 0.29) is 5.91 Å². The Kier molecular flexibility index (Phi) is 5.61. The smallest absolute Gasteiger partial charge is 0.248 e. The first-order valence-corrected chi connectivity index (χ1v) is 7.99. The standard InChI is InChI=1S/C16H29N3O/c1-4-17-9-11-18(12-10-17)13-15-5-7-19(8-6-15)16(20)14(2)3/h15H,2,4-13H2,1,3H3. The van der Waals surface area contributed by atoms with Crippen molar-refractivity contribution < 1.29 is 4.79 Å². The van der Waals surface area contributed by atoms with Crippen molar-refractivity contribution in [2.75, 3.05) is 52.4 Å². The number of likely N-dealkylation sites (tertiary alicyclic amines) is 1. The predicted molar refractivity (Wildman–Crippen MR) is 82.7 cm³/mol. The van der Waals surface area contributed by atoms with Crippen LogP contribution in [0, 0.1) is 5.92 Å². The maximum atomic E-state index is 11.9. The lowest BCUT2D eigenvalue weighted by Crippen LogP contribution is -2.49. The molecule has 0 N–H and O–H groups in total. The molecule has 20 heavy (non-hydrogen) atoms. The maximum Gasteiger partial charge on any atom is 0.248 e. The van der Waals surface area contributed by atoms with Crippen molar-refractivity contribution in [1.82, 2.24) is 14.7 Å². The molecule has 0 aromatic heterocycles. The molecular weight excluding hydrogens is 250 g/mol. The Morgan fingerprint density at radius 3 is 2.10 bits per heavy atom. The van der Waals surface area contributed by atoms with Crippen molar-refractivity contribution in [3.05, 3.63) is 12.2 Å². The lowest BCUT2D eigenvalue weighted by atomic mass is 9.95. The normalized spacial score (nSPS) is 23.0. The summed E-state index contributed by atoms with van der Waals surface area (Å²) >= 11 is 0. The minimum absolute atomic E-state index is 0.139. The van der Waals surface area contributed by atoms with E-state index in [2.05, 4.69) is 23.3 Å². The van der Waals surface area contributed by atoms with E-state index in [0.717, 1.165) is 31.8 Å². The van der Waals surface area contributed by atoms with Crippen LogP contribution in [0.3, 0.4) is 0 Å². The van der Waals surface area contributed by atoms with E-state index < -0.39 is 0 Å². The SMILES string of the molecule is C=C(C)C(=O)N1CCC(CN2CCN(CC)CC2)CC1. The fraction of sp³-hybridized carbons (Fsp3) is 0.812. The first kappa shape index (κ1) is 15.5. The molecule has 0 spiro atoms. The van der Waals surface area contributed by atoms with Gasteiger partial charge in [0.25, 0.3) is 0 Å². The van der Waals surface area contributed by atoms with Crippen molar-refractivity contribution in [2.24, 2.45) is 5.92 Å². The van der Waals surface area contributed by atoms with E-state index in [1.807, 2.05) is 11.8 Å². The molecule has 2 fully saturated rings. The summed E-state index contributed by atoms with van der Waals surface area (Å²) in [7, 11) is 0. The molecule has 2 aliphatic rings. The third kappa shape index (κ3) is 4.06. The van der Waals surface area contributed by atoms with Gasteiger partial charge in [-0.1, -0.05) is 13.5 Å². The Hall–Kier alpha value is -0.870. The van der Waals surface area contributed by atoms with Crippen LogP contribution in [0.2, 0.25) is 0 Å². The zero-order valence-electron chi connectivity index (χ0n) is 13.1. The molecule has 4 nitrogen and oxygen atoms in total. The minimum Gasteiger partial charge on any atom is -0.339 e. The Bertz CT molecular complexity index is 340. The van der Waals surface area contributed by atoms with Crippen molar-refractivity contribution in [3.63, 3.8) is 0 Å². The summed E-state index contributed by atoms with van der Waals surface area (Å²) in [5.74, 6) is 0.900. The molecule has 0 aromatic carbocycles. The average molecular weight is 279 g/mol. The second-order valence-corrected chi connectivity index (χ2v) is 6.25. The molecule has 0 unspecified atom stereocenters. The number of carbonyl (C=O) groups excluding carboxylic acids is 1. The highest BCUT2D eigenvalue weighted by molar-refractivity contribution is 5.92. The highest BCUT2D eigenvalue weighted by Gasteiger charge is 2.25. The molecule has 0 aromatic rings. The quantitative estimate of drug-likeness (QED) is 0.729. The van der Waals surface area contributed by atoms with Crippen LogP contribution in [0.15, 0.2) is 12.2 Å². The van der Waals surface area contributed by atoms with Gasteiger partial charge < -0.3 is 14.7 Å². The highest BCUT2D eigenvalue weighted by Crippen LogP contribution is 2.20. The fourth-order valence-electron chi connectivity index (χ4n) is 3.24. The van der Waals surface area contributed by atoms with E-state index >= 15 is 0 Å². The lowest BCUT2D eigenvalue weighted by molar-refractivity contribution is -0.128. The maximum absolute atomic E-state index is 11.9. The third-order valence-electron chi connectivity index (χ3n) is 4.70. The molecular formula is C16H29N3O. The topological polar surface area (TPSA) is 26.8 Å². The first-order valence-electron chi connectivity index (χ1n) is 7.99. The van der Waals surface area contributed by atoms with E-state index in [1.165, 1.54) is 39.3 Å². The molecule has 2 heterocycles. The number of piperazine rings is 1. The van der Waals surface area contributed by atoms with Gasteiger partial charge in [-0.15, -0.1) is 0 Å². The predicted octanol–water partition coefficient (Wildman–Crippen LogP) is 1.44. The largest absolute Gasteiger partial charge is 0.339 e. The van der Waals surface area contributed by atoms with Crippen molar-refractivity contribution in [2.45, 2.75) is 26.7 Å². The van der Waals surface area contributed by atoms with E-state index in [1.54, 1.807) is 0 Å². The summed E-state index contributed by atoms with van der Waals surface area (Å²) in [5.41, 5.74) is 0.666. The molecule has 1 amide bonds. The number of nitrogens with zero attached hydrogens (tertiary/aromatic N) is 3. The summed E-state index contributed by atoms with van der Waals surface area (Å²) in [6, 6.07) is 0. The summed E-state index contributed by atoms with van der Waals surface area (Å²) < 4.78 is 0. The molecule has 2 rings (SSSR count). The number of carbonyl (C=O) groups is 1. The first-order chi connectivity index (χ1) is 9.60. The summed E-state index contributed by atoms with van der Waals surface area (Å²) in [6.45, 7) is 16.8. The Balaban J connectivity index is 1.70. The Labute approximate surface area is 123 Å². The highest BCUT2D eigenvalue weighted by atomic mass is 16.2. The van der Waals surface area contributed by atoms with Crippen LogP contribution in [-0.2, 0) is 4.79 Å². The molecule has 0 radical (unpaired) electrons. The summed E-state index contributed by atoms with van der Waals surface area (Å²) in [5, 5.41) is 0. The summed E-state index contributed by atoms with van der Waals surface area (Å²) in [4.78, 5) is 19.0. The van der Waals surface area contributed by atoms with Gasteiger partial charge in [-0.2, -0.15) is 0 Å². The Morgan fingerprint density at radius 2 is 1.60 bits per heavy atom. The van der Waals surface area contributed by atoms with Crippen LogP contribution in [0.1, 0.15) is 26.7 Å². The van der Waals surface area contributed by atoms with E-state index in [9.17, 15) is 4.79 Å². The van der Waals surface area contributed by atoms with Crippen molar-refractivity contribution in [3.8, 4) is 0 Å². The number of amides is 1. The molecule has 2 saturated heterocycles. The van der Waals surface area contributed by atoms with Crippen LogP contribution >= 0.6 is 0 Å². The van der Waals surface area contributed by atoms with Crippen LogP contribution in [0.25, 0.3) is 0 Å². The van der Waals surface area contributed by atoms with Crippen molar-refractivity contribution >= 4 is 5.91 Å². The third-order valence-corrected chi connectivity index (χ3v) is 4.70. The zero-order valence-corrected chi connectivity index (χ0v) is 13.1. The Morgan fingerprint density at radius 1 is 1.05 bits per heavy atom. The molecule has 0 saturated carbocycles. The van der Waals surface area contributed by atoms with Crippen LogP contribution in [0.4, 0.5) is 0 Å². The molecule has 0 bridgehead atoms. The number of hydrogen-bond acceptors (Lipinski definition) is 3. The van der Waals surface area contributed by atoms with Crippen LogP contribution in [0.5, 0.6) is 0 Å². The number of piperidine rings is 1. The molecule has 114 valence electrons. The summed E-state index contributed by atoms with van der Waals surface area (Å²) in [6.07, 6.45) is 2.29. The minimum atomic E-state index is 0.139. The van der Waals surface area contributed by atoms with Gasteiger partial charge in [0.15, 0.2) is 0 Å². The van der Waals surface area contributed by atoms with Gasteiger partial charge >= 0.3 is 0 Å². The second-order valence-electron chi connectivity index (χ2n) is 6.25. The molecule has 0 aliphatic carbocycles.